The summed E-state index contributed by atoms with van der Waals surface area (Å²) >= 11 is 5.17. The lowest BCUT2D eigenvalue weighted by Gasteiger charge is -2.14. The third-order valence-electron chi connectivity index (χ3n) is 2.21. The fraction of sp³-hybridized carbons (Fsp3) is 0.273. The van der Waals surface area contributed by atoms with Crippen LogP contribution in [0.1, 0.15) is 0 Å². The van der Waals surface area contributed by atoms with Gasteiger partial charge in [0.1, 0.15) is 5.75 Å². The van der Waals surface area contributed by atoms with Gasteiger partial charge in [-0.1, -0.05) is 0 Å². The highest BCUT2D eigenvalue weighted by molar-refractivity contribution is 6.63. The molecule has 0 amide bonds. The number of anilines is 1. The van der Waals surface area contributed by atoms with E-state index in [4.69, 9.17) is 16.3 Å². The van der Waals surface area contributed by atoms with Gasteiger partial charge in [0, 0.05) is 12.2 Å². The summed E-state index contributed by atoms with van der Waals surface area (Å²) in [6.45, 7) is 1.63. The second kappa shape index (κ2) is 4.99. The Morgan fingerprint density at radius 1 is 1.44 bits per heavy atom. The predicted molar refractivity (Wildman–Crippen MR) is 63.5 cm³/mol. The minimum atomic E-state index is -0.504. The maximum Gasteiger partial charge on any atom is 0.259 e. The van der Waals surface area contributed by atoms with Crippen molar-refractivity contribution in [2.24, 2.45) is 4.99 Å². The number of carbonyl (C=O) groups is 1. The fourth-order valence-corrected chi connectivity index (χ4v) is 1.50. The number of rotatable bonds is 4. The third kappa shape index (κ3) is 2.73. The van der Waals surface area contributed by atoms with Crippen LogP contribution >= 0.6 is 11.6 Å². The highest BCUT2D eigenvalue weighted by Crippen LogP contribution is 2.19. The van der Waals surface area contributed by atoms with E-state index in [0.29, 0.717) is 5.75 Å². The number of halogens is 1. The molecule has 0 aromatic heterocycles. The SMILES string of the molecule is O=C(Cl)COc1ccc(N2C=NCC2)cc1. The molecule has 0 radical (unpaired) electrons. The van der Waals surface area contributed by atoms with Gasteiger partial charge in [-0.3, -0.25) is 9.79 Å². The Morgan fingerprint density at radius 2 is 2.19 bits per heavy atom. The quantitative estimate of drug-likeness (QED) is 0.750. The zero-order chi connectivity index (χ0) is 11.4. The molecule has 1 aliphatic rings. The first-order valence-corrected chi connectivity index (χ1v) is 5.31. The van der Waals surface area contributed by atoms with Gasteiger partial charge in [0.15, 0.2) is 6.61 Å². The molecular formula is C11H11ClN2O2. The van der Waals surface area contributed by atoms with Crippen molar-refractivity contribution in [3.63, 3.8) is 0 Å². The van der Waals surface area contributed by atoms with Gasteiger partial charge in [0.2, 0.25) is 0 Å². The summed E-state index contributed by atoms with van der Waals surface area (Å²) in [6, 6.07) is 7.46. The molecule has 0 unspecified atom stereocenters. The van der Waals surface area contributed by atoms with Crippen LogP contribution in [0.4, 0.5) is 5.69 Å². The van der Waals surface area contributed by atoms with Crippen molar-refractivity contribution in [1.29, 1.82) is 0 Å². The van der Waals surface area contributed by atoms with Crippen LogP contribution in [-0.2, 0) is 4.79 Å². The molecule has 0 fully saturated rings. The Balaban J connectivity index is 1.98. The van der Waals surface area contributed by atoms with Gasteiger partial charge in [-0.25, -0.2) is 0 Å². The van der Waals surface area contributed by atoms with E-state index in [9.17, 15) is 4.79 Å². The van der Waals surface area contributed by atoms with E-state index in [1.807, 2.05) is 18.5 Å². The molecular weight excluding hydrogens is 228 g/mol. The van der Waals surface area contributed by atoms with Crippen molar-refractivity contribution < 1.29 is 9.53 Å². The van der Waals surface area contributed by atoms with E-state index in [2.05, 4.69) is 9.89 Å². The molecule has 16 heavy (non-hydrogen) atoms. The molecule has 1 aliphatic heterocycles. The molecule has 1 aromatic carbocycles. The number of nitrogens with zero attached hydrogens (tertiary/aromatic N) is 2. The van der Waals surface area contributed by atoms with Crippen molar-refractivity contribution in [3.8, 4) is 5.75 Å². The fourth-order valence-electron chi connectivity index (χ4n) is 1.45. The average molecular weight is 239 g/mol. The molecule has 0 N–H and O–H groups in total. The van der Waals surface area contributed by atoms with E-state index < -0.39 is 5.24 Å². The molecule has 0 saturated heterocycles. The molecule has 0 spiro atoms. The second-order valence-corrected chi connectivity index (χ2v) is 3.77. The molecule has 5 heteroatoms. The van der Waals surface area contributed by atoms with Crippen molar-refractivity contribution in [3.05, 3.63) is 24.3 Å². The average Bonchev–Trinajstić information content (AvgIpc) is 2.80. The minimum Gasteiger partial charge on any atom is -0.484 e. The van der Waals surface area contributed by atoms with Crippen LogP contribution in [0.25, 0.3) is 0 Å². The highest BCUT2D eigenvalue weighted by Gasteiger charge is 2.07. The Labute approximate surface area is 98.5 Å². The van der Waals surface area contributed by atoms with Gasteiger partial charge in [-0.2, -0.15) is 0 Å². The third-order valence-corrected chi connectivity index (χ3v) is 2.32. The summed E-state index contributed by atoms with van der Waals surface area (Å²) in [7, 11) is 0. The number of hydrogen-bond acceptors (Lipinski definition) is 4. The van der Waals surface area contributed by atoms with Crippen LogP contribution < -0.4 is 9.64 Å². The molecule has 0 saturated carbocycles. The summed E-state index contributed by atoms with van der Waals surface area (Å²) in [4.78, 5) is 16.7. The molecule has 0 aliphatic carbocycles. The maximum absolute atomic E-state index is 10.5. The summed E-state index contributed by atoms with van der Waals surface area (Å²) in [6.07, 6.45) is 1.82. The zero-order valence-electron chi connectivity index (χ0n) is 8.60. The normalized spacial score (nSPS) is 14.2. The zero-order valence-corrected chi connectivity index (χ0v) is 9.35. The van der Waals surface area contributed by atoms with Gasteiger partial charge in [0.25, 0.3) is 5.24 Å². The number of carbonyl (C=O) groups excluding carboxylic acids is 1. The second-order valence-electron chi connectivity index (χ2n) is 3.35. The number of ether oxygens (including phenoxy) is 1. The van der Waals surface area contributed by atoms with Crippen LogP contribution in [-0.4, -0.2) is 31.3 Å². The lowest BCUT2D eigenvalue weighted by Crippen LogP contribution is -2.17. The Kier molecular flexibility index (Phi) is 3.41. The molecule has 84 valence electrons. The lowest BCUT2D eigenvalue weighted by atomic mass is 10.3. The summed E-state index contributed by atoms with van der Waals surface area (Å²) < 4.78 is 5.15. The first kappa shape index (κ1) is 11.0. The molecule has 1 aromatic rings. The minimum absolute atomic E-state index is 0.105. The van der Waals surface area contributed by atoms with Gasteiger partial charge in [0.05, 0.1) is 12.9 Å². The largest absolute Gasteiger partial charge is 0.484 e. The molecule has 4 nitrogen and oxygen atoms in total. The van der Waals surface area contributed by atoms with Crippen molar-refractivity contribution >= 4 is 28.9 Å². The van der Waals surface area contributed by atoms with Crippen molar-refractivity contribution in [2.75, 3.05) is 24.6 Å². The summed E-state index contributed by atoms with van der Waals surface area (Å²) in [5, 5.41) is -0.504. The number of aliphatic imine (C=N–C) groups is 1. The van der Waals surface area contributed by atoms with Crippen LogP contribution in [0.3, 0.4) is 0 Å². The molecule has 0 bridgehead atoms. The van der Waals surface area contributed by atoms with E-state index >= 15 is 0 Å². The van der Waals surface area contributed by atoms with Crippen LogP contribution in [0.5, 0.6) is 5.75 Å². The first-order chi connectivity index (χ1) is 7.75. The van der Waals surface area contributed by atoms with Crippen molar-refractivity contribution in [2.45, 2.75) is 0 Å². The Morgan fingerprint density at radius 3 is 2.75 bits per heavy atom. The van der Waals surface area contributed by atoms with Crippen molar-refractivity contribution in [1.82, 2.24) is 0 Å². The summed E-state index contributed by atoms with van der Waals surface area (Å²) in [5.74, 6) is 0.633. The van der Waals surface area contributed by atoms with Gasteiger partial charge >= 0.3 is 0 Å². The Bertz CT molecular complexity index is 403. The maximum atomic E-state index is 10.5. The number of benzene rings is 1. The van der Waals surface area contributed by atoms with Gasteiger partial charge in [-0.05, 0) is 35.9 Å². The first-order valence-electron chi connectivity index (χ1n) is 4.93. The van der Waals surface area contributed by atoms with E-state index in [1.54, 1.807) is 12.1 Å². The predicted octanol–water partition coefficient (Wildman–Crippen LogP) is 1.68. The van der Waals surface area contributed by atoms with Gasteiger partial charge < -0.3 is 9.64 Å². The lowest BCUT2D eigenvalue weighted by molar-refractivity contribution is -0.113. The van der Waals surface area contributed by atoms with Crippen LogP contribution in [0.2, 0.25) is 0 Å². The van der Waals surface area contributed by atoms with Gasteiger partial charge in [-0.15, -0.1) is 0 Å². The molecule has 0 atom stereocenters. The van der Waals surface area contributed by atoms with E-state index in [1.165, 1.54) is 0 Å². The van der Waals surface area contributed by atoms with Crippen LogP contribution in [0, 0.1) is 0 Å². The standard InChI is InChI=1S/C11H11ClN2O2/c12-11(15)7-16-10-3-1-9(2-4-10)14-6-5-13-8-14/h1-4,8H,5-7H2. The molecule has 1 heterocycles. The molecule has 2 rings (SSSR count). The topological polar surface area (TPSA) is 41.9 Å². The number of hydrogen-bond donors (Lipinski definition) is 0. The highest BCUT2D eigenvalue weighted by atomic mass is 35.5. The smallest absolute Gasteiger partial charge is 0.259 e. The Hall–Kier alpha value is -1.55. The van der Waals surface area contributed by atoms with Crippen LogP contribution in [0.15, 0.2) is 29.3 Å². The monoisotopic (exact) mass is 238 g/mol. The van der Waals surface area contributed by atoms with E-state index in [-0.39, 0.29) is 6.61 Å². The summed E-state index contributed by atoms with van der Waals surface area (Å²) in [5.41, 5.74) is 1.06. The van der Waals surface area contributed by atoms with E-state index in [0.717, 1.165) is 18.8 Å².